The predicted octanol–water partition coefficient (Wildman–Crippen LogP) is 2.65. The van der Waals surface area contributed by atoms with Crippen molar-refractivity contribution in [3.05, 3.63) is 0 Å². The van der Waals surface area contributed by atoms with E-state index in [-0.39, 0.29) is 5.92 Å². The lowest BCUT2D eigenvalue weighted by molar-refractivity contribution is -0.136. The van der Waals surface area contributed by atoms with Crippen LogP contribution in [0.25, 0.3) is 0 Å². The van der Waals surface area contributed by atoms with Crippen molar-refractivity contribution in [2.45, 2.75) is 52.4 Å². The van der Waals surface area contributed by atoms with Crippen LogP contribution in [0.3, 0.4) is 0 Å². The van der Waals surface area contributed by atoms with Crippen molar-refractivity contribution in [2.75, 3.05) is 19.6 Å². The molecule has 2 aliphatic rings. The van der Waals surface area contributed by atoms with Gasteiger partial charge in [-0.1, -0.05) is 26.7 Å². The zero-order valence-corrected chi connectivity index (χ0v) is 12.6. The highest BCUT2D eigenvalue weighted by molar-refractivity contribution is 5.79. The molecule has 0 spiro atoms. The Balaban J connectivity index is 1.86. The Bertz CT molecular complexity index is 301. The molecule has 1 heterocycles. The van der Waals surface area contributed by atoms with Crippen LogP contribution in [-0.4, -0.2) is 30.4 Å². The number of hydrogen-bond donors (Lipinski definition) is 1. The number of hydrogen-bond acceptors (Lipinski definition) is 2. The summed E-state index contributed by atoms with van der Waals surface area (Å²) in [6.45, 7) is 7.30. The van der Waals surface area contributed by atoms with Crippen molar-refractivity contribution in [1.82, 2.24) is 4.90 Å². The summed E-state index contributed by atoms with van der Waals surface area (Å²) in [6.07, 6.45) is 6.96. The first kappa shape index (κ1) is 14.8. The maximum atomic E-state index is 12.6. The second-order valence-corrected chi connectivity index (χ2v) is 6.88. The van der Waals surface area contributed by atoms with E-state index in [0.29, 0.717) is 23.7 Å². The Kier molecular flexibility index (Phi) is 5.26. The molecule has 1 saturated heterocycles. The average Bonchev–Trinajstić information content (AvgIpc) is 2.88. The summed E-state index contributed by atoms with van der Waals surface area (Å²) in [5, 5.41) is 0. The van der Waals surface area contributed by atoms with E-state index in [4.69, 9.17) is 5.73 Å². The van der Waals surface area contributed by atoms with Crippen molar-refractivity contribution in [1.29, 1.82) is 0 Å². The van der Waals surface area contributed by atoms with E-state index in [1.165, 1.54) is 19.3 Å². The van der Waals surface area contributed by atoms with Gasteiger partial charge in [0.1, 0.15) is 0 Å². The fourth-order valence-corrected chi connectivity index (χ4v) is 3.80. The van der Waals surface area contributed by atoms with Gasteiger partial charge >= 0.3 is 0 Å². The smallest absolute Gasteiger partial charge is 0.225 e. The highest BCUT2D eigenvalue weighted by Crippen LogP contribution is 2.33. The summed E-state index contributed by atoms with van der Waals surface area (Å²) in [5.41, 5.74) is 5.66. The molecule has 1 amide bonds. The molecule has 0 aromatic rings. The third-order valence-corrected chi connectivity index (χ3v) is 5.19. The zero-order chi connectivity index (χ0) is 13.8. The largest absolute Gasteiger partial charge is 0.342 e. The van der Waals surface area contributed by atoms with E-state index in [9.17, 15) is 4.79 Å². The van der Waals surface area contributed by atoms with Crippen molar-refractivity contribution in [2.24, 2.45) is 29.4 Å². The molecule has 3 atom stereocenters. The minimum Gasteiger partial charge on any atom is -0.342 e. The van der Waals surface area contributed by atoms with Gasteiger partial charge in [-0.15, -0.1) is 0 Å². The first-order chi connectivity index (χ1) is 9.11. The predicted molar refractivity (Wildman–Crippen MR) is 78.6 cm³/mol. The van der Waals surface area contributed by atoms with E-state index in [0.717, 1.165) is 38.9 Å². The van der Waals surface area contributed by atoms with Crippen LogP contribution in [0.15, 0.2) is 0 Å². The molecule has 3 unspecified atom stereocenters. The van der Waals surface area contributed by atoms with E-state index in [1.54, 1.807) is 0 Å². The highest BCUT2D eigenvalue weighted by Gasteiger charge is 2.34. The van der Waals surface area contributed by atoms with Crippen LogP contribution < -0.4 is 5.73 Å². The number of likely N-dealkylation sites (tertiary alicyclic amines) is 1. The molecule has 2 N–H and O–H groups in total. The fourth-order valence-electron chi connectivity index (χ4n) is 3.80. The van der Waals surface area contributed by atoms with Gasteiger partial charge in [0, 0.05) is 19.0 Å². The van der Waals surface area contributed by atoms with Gasteiger partial charge < -0.3 is 10.6 Å². The summed E-state index contributed by atoms with van der Waals surface area (Å²) in [5.74, 6) is 2.83. The maximum absolute atomic E-state index is 12.6. The molecule has 19 heavy (non-hydrogen) atoms. The first-order valence-electron chi connectivity index (χ1n) is 8.10. The van der Waals surface area contributed by atoms with E-state index in [1.807, 2.05) is 0 Å². The second-order valence-electron chi connectivity index (χ2n) is 6.88. The number of carbonyl (C=O) groups is 1. The normalized spacial score (nSPS) is 32.0. The molecule has 0 aromatic carbocycles. The number of amides is 1. The molecule has 0 radical (unpaired) electrons. The van der Waals surface area contributed by atoms with Crippen molar-refractivity contribution >= 4 is 5.91 Å². The lowest BCUT2D eigenvalue weighted by atomic mass is 9.79. The molecule has 110 valence electrons. The molecular weight excluding hydrogens is 236 g/mol. The molecule has 1 aliphatic carbocycles. The molecule has 2 rings (SSSR count). The third kappa shape index (κ3) is 3.71. The van der Waals surface area contributed by atoms with Gasteiger partial charge in [-0.3, -0.25) is 4.79 Å². The summed E-state index contributed by atoms with van der Waals surface area (Å²) in [6, 6.07) is 0. The van der Waals surface area contributed by atoms with Gasteiger partial charge in [0.2, 0.25) is 5.91 Å². The Morgan fingerprint density at radius 2 is 2.11 bits per heavy atom. The first-order valence-corrected chi connectivity index (χ1v) is 8.10. The molecule has 0 aromatic heterocycles. The van der Waals surface area contributed by atoms with Gasteiger partial charge in [0.25, 0.3) is 0 Å². The van der Waals surface area contributed by atoms with Gasteiger partial charge in [-0.2, -0.15) is 0 Å². The van der Waals surface area contributed by atoms with Crippen LogP contribution >= 0.6 is 0 Å². The summed E-state index contributed by atoms with van der Waals surface area (Å²) in [7, 11) is 0. The fraction of sp³-hybridized carbons (Fsp3) is 0.938. The average molecular weight is 266 g/mol. The van der Waals surface area contributed by atoms with Crippen LogP contribution in [-0.2, 0) is 4.79 Å². The van der Waals surface area contributed by atoms with Crippen molar-refractivity contribution in [3.63, 3.8) is 0 Å². The minimum atomic E-state index is 0.288. The van der Waals surface area contributed by atoms with Crippen molar-refractivity contribution in [3.8, 4) is 0 Å². The van der Waals surface area contributed by atoms with E-state index >= 15 is 0 Å². The Morgan fingerprint density at radius 1 is 1.32 bits per heavy atom. The summed E-state index contributed by atoms with van der Waals surface area (Å²) in [4.78, 5) is 14.8. The van der Waals surface area contributed by atoms with Gasteiger partial charge in [-0.25, -0.2) is 0 Å². The van der Waals surface area contributed by atoms with Crippen molar-refractivity contribution < 1.29 is 4.79 Å². The summed E-state index contributed by atoms with van der Waals surface area (Å²) >= 11 is 0. The third-order valence-electron chi connectivity index (χ3n) is 5.19. The molecule has 3 heteroatoms. The molecule has 1 aliphatic heterocycles. The monoisotopic (exact) mass is 266 g/mol. The molecule has 0 bridgehead atoms. The van der Waals surface area contributed by atoms with E-state index < -0.39 is 0 Å². The lowest BCUT2D eigenvalue weighted by Gasteiger charge is -2.31. The van der Waals surface area contributed by atoms with Crippen LogP contribution in [0.4, 0.5) is 0 Å². The Labute approximate surface area is 117 Å². The van der Waals surface area contributed by atoms with Gasteiger partial charge in [-0.05, 0) is 50.0 Å². The van der Waals surface area contributed by atoms with Crippen LogP contribution in [0.5, 0.6) is 0 Å². The summed E-state index contributed by atoms with van der Waals surface area (Å²) < 4.78 is 0. The molecule has 3 nitrogen and oxygen atoms in total. The topological polar surface area (TPSA) is 46.3 Å². The van der Waals surface area contributed by atoms with Gasteiger partial charge in [0.15, 0.2) is 0 Å². The minimum absolute atomic E-state index is 0.288. The van der Waals surface area contributed by atoms with Crippen LogP contribution in [0.1, 0.15) is 52.4 Å². The molecule has 1 saturated carbocycles. The Morgan fingerprint density at radius 3 is 2.74 bits per heavy atom. The maximum Gasteiger partial charge on any atom is 0.225 e. The van der Waals surface area contributed by atoms with Gasteiger partial charge in [0.05, 0.1) is 0 Å². The quantitative estimate of drug-likeness (QED) is 0.850. The zero-order valence-electron chi connectivity index (χ0n) is 12.6. The number of nitrogens with zero attached hydrogens (tertiary/aromatic N) is 1. The van der Waals surface area contributed by atoms with Crippen LogP contribution in [0.2, 0.25) is 0 Å². The Hall–Kier alpha value is -0.570. The SMILES string of the molecule is CC(C)C1CCN(C(=O)C2CCCC(CCN)C2)C1. The molecule has 2 fully saturated rings. The van der Waals surface area contributed by atoms with Crippen LogP contribution in [0, 0.1) is 23.7 Å². The lowest BCUT2D eigenvalue weighted by Crippen LogP contribution is -2.37. The number of nitrogens with two attached hydrogens (primary N) is 1. The number of carbonyl (C=O) groups excluding carboxylic acids is 1. The molecular formula is C16H30N2O. The number of rotatable bonds is 4. The highest BCUT2D eigenvalue weighted by atomic mass is 16.2. The standard InChI is InChI=1S/C16H30N2O/c1-12(2)15-7-9-18(11-15)16(19)14-5-3-4-13(10-14)6-8-17/h12-15H,3-11,17H2,1-2H3. The van der Waals surface area contributed by atoms with E-state index in [2.05, 4.69) is 18.7 Å². The second kappa shape index (κ2) is 6.74.